The largest absolute Gasteiger partial charge is 0.453 e. The fraction of sp³-hybridized carbons (Fsp3) is 0.120. The van der Waals surface area contributed by atoms with Crippen LogP contribution in [0.15, 0.2) is 42.5 Å². The first-order valence-electron chi connectivity index (χ1n) is 11.0. The Morgan fingerprint density at radius 2 is 1.95 bits per heavy atom. The summed E-state index contributed by atoms with van der Waals surface area (Å²) < 4.78 is 80.4. The maximum atomic E-state index is 14.0. The van der Waals surface area contributed by atoms with Crippen LogP contribution >= 0.6 is 40.1 Å². The van der Waals surface area contributed by atoms with Crippen LogP contribution in [0.1, 0.15) is 21.5 Å². The van der Waals surface area contributed by atoms with Crippen molar-refractivity contribution in [1.82, 2.24) is 9.78 Å². The van der Waals surface area contributed by atoms with E-state index in [0.717, 1.165) is 12.1 Å². The smallest absolute Gasteiger partial charge is 0.416 e. The molecule has 4 aromatic rings. The summed E-state index contributed by atoms with van der Waals surface area (Å²) in [6, 6.07) is 6.12. The molecule has 0 aliphatic carbocycles. The third-order valence-corrected chi connectivity index (χ3v) is 6.85. The minimum absolute atomic E-state index is 0.00915. The van der Waals surface area contributed by atoms with Crippen molar-refractivity contribution in [3.8, 4) is 23.3 Å². The monoisotopic (exact) mass is 708 g/mol. The molecule has 0 aliphatic rings. The Labute approximate surface area is 243 Å². The van der Waals surface area contributed by atoms with Gasteiger partial charge in [-0.3, -0.25) is 9.48 Å². The number of rotatable bonds is 6. The van der Waals surface area contributed by atoms with E-state index in [4.69, 9.17) is 26.6 Å². The number of anilines is 2. The maximum Gasteiger partial charge on any atom is 0.416 e. The van der Waals surface area contributed by atoms with Gasteiger partial charge in [0.1, 0.15) is 24.0 Å². The van der Waals surface area contributed by atoms with Gasteiger partial charge in [0.15, 0.2) is 11.6 Å². The van der Waals surface area contributed by atoms with Gasteiger partial charge in [-0.15, -0.1) is 0 Å². The Bertz CT molecular complexity index is 1690. The van der Waals surface area contributed by atoms with Crippen molar-refractivity contribution in [1.29, 1.82) is 0 Å². The number of hydrogen-bond acceptors (Lipinski definition) is 5. The number of ether oxygens (including phenoxy) is 1. The summed E-state index contributed by atoms with van der Waals surface area (Å²) in [5.41, 5.74) is 4.73. The Kier molecular flexibility index (Phi) is 9.04. The summed E-state index contributed by atoms with van der Waals surface area (Å²) >= 11 is 8.21. The van der Waals surface area contributed by atoms with Crippen molar-refractivity contribution in [2.45, 2.75) is 6.18 Å². The normalized spacial score (nSPS) is 11.6. The third-order valence-electron chi connectivity index (χ3n) is 5.35. The van der Waals surface area contributed by atoms with Gasteiger partial charge in [0.05, 0.1) is 39.2 Å². The third kappa shape index (κ3) is 6.58. The quantitative estimate of drug-likeness (QED) is 0.0714. The number of aryl methyl sites for hydroxylation is 1. The summed E-state index contributed by atoms with van der Waals surface area (Å²) in [7, 11) is 1.58. The standard InChI is InChI=1S/C25H16ClF5IN4O3P/c1-36-21-12(3-2-6-38-40-32)9-18(34-24(37)13-7-14(25(29,30)31)10-16(28)8-13)22(20(21)23(33)35-36)39-19-11-15(27)4-5-17(19)26/h4-5,7-11,40H,6H2,1H3,(H2,33,35)(H,34,37). The van der Waals surface area contributed by atoms with Crippen LogP contribution in [-0.4, -0.2) is 22.3 Å². The molecular formula is C25H16ClF5IN4O3P. The molecule has 1 aromatic heterocycles. The fourth-order valence-electron chi connectivity index (χ4n) is 3.72. The highest BCUT2D eigenvalue weighted by Crippen LogP contribution is 2.43. The number of nitrogens with one attached hydrogen (secondary N) is 1. The zero-order valence-electron chi connectivity index (χ0n) is 20.1. The van der Waals surface area contributed by atoms with Crippen LogP contribution in [0, 0.1) is 23.5 Å². The maximum absolute atomic E-state index is 14.0. The van der Waals surface area contributed by atoms with E-state index >= 15 is 0 Å². The first-order chi connectivity index (χ1) is 18.9. The van der Waals surface area contributed by atoms with E-state index in [2.05, 4.69) is 22.3 Å². The number of fused-ring (bicyclic) bond motifs is 1. The van der Waals surface area contributed by atoms with Gasteiger partial charge in [-0.25, -0.2) is 8.78 Å². The molecule has 0 aliphatic heterocycles. The summed E-state index contributed by atoms with van der Waals surface area (Å²) in [4.78, 5) is 13.1. The summed E-state index contributed by atoms with van der Waals surface area (Å²) in [5.74, 6) is 2.29. The van der Waals surface area contributed by atoms with Crippen LogP contribution in [0.3, 0.4) is 0 Å². The van der Waals surface area contributed by atoms with Crippen molar-refractivity contribution >= 4 is 68.4 Å². The molecule has 0 spiro atoms. The average Bonchev–Trinajstić information content (AvgIpc) is 3.18. The number of nitrogen functional groups attached to an aromatic ring is 1. The zero-order valence-corrected chi connectivity index (χ0v) is 24.0. The second-order valence-electron chi connectivity index (χ2n) is 8.06. The molecule has 3 aromatic carbocycles. The van der Waals surface area contributed by atoms with Crippen molar-refractivity contribution in [2.75, 3.05) is 17.7 Å². The van der Waals surface area contributed by atoms with E-state index in [9.17, 15) is 26.7 Å². The summed E-state index contributed by atoms with van der Waals surface area (Å²) in [6.07, 6.45) is -4.90. The molecule has 1 atom stereocenters. The van der Waals surface area contributed by atoms with Crippen molar-refractivity contribution in [2.24, 2.45) is 7.05 Å². The molecular weight excluding hydrogens is 693 g/mol. The van der Waals surface area contributed by atoms with Crippen molar-refractivity contribution < 1.29 is 36.0 Å². The average molecular weight is 709 g/mol. The Morgan fingerprint density at radius 1 is 1.20 bits per heavy atom. The number of halogens is 7. The molecule has 15 heteroatoms. The zero-order chi connectivity index (χ0) is 29.2. The van der Waals surface area contributed by atoms with E-state index in [1.807, 2.05) is 22.0 Å². The number of carbonyl (C=O) groups is 1. The lowest BCUT2D eigenvalue weighted by Gasteiger charge is -2.16. The lowest BCUT2D eigenvalue weighted by molar-refractivity contribution is -0.137. The Hall–Kier alpha value is -3.18. The van der Waals surface area contributed by atoms with Crippen molar-refractivity contribution in [3.05, 3.63) is 75.8 Å². The van der Waals surface area contributed by atoms with Crippen LogP contribution < -0.4 is 15.8 Å². The van der Waals surface area contributed by atoms with Crippen LogP contribution in [-0.2, 0) is 17.7 Å². The molecule has 0 bridgehead atoms. The first-order valence-corrected chi connectivity index (χ1v) is 15.4. The topological polar surface area (TPSA) is 91.4 Å². The number of nitrogens with two attached hydrogens (primary N) is 1. The molecule has 4 rings (SSSR count). The second kappa shape index (κ2) is 12.1. The van der Waals surface area contributed by atoms with Crippen LogP contribution in [0.4, 0.5) is 33.5 Å². The fourth-order valence-corrected chi connectivity index (χ4v) is 4.47. The molecule has 1 amide bonds. The molecule has 0 fully saturated rings. The number of nitrogens with zero attached hydrogens (tertiary/aromatic N) is 2. The molecule has 0 radical (unpaired) electrons. The van der Waals surface area contributed by atoms with Gasteiger partial charge in [-0.1, -0.05) is 23.4 Å². The Balaban J connectivity index is 1.91. The van der Waals surface area contributed by atoms with Crippen LogP contribution in [0.5, 0.6) is 11.5 Å². The van der Waals surface area contributed by atoms with E-state index in [-0.39, 0.29) is 52.5 Å². The number of hydrogen-bond donors (Lipinski definition) is 2. The molecule has 208 valence electrons. The number of benzene rings is 3. The molecule has 0 saturated carbocycles. The van der Waals surface area contributed by atoms with Gasteiger partial charge < -0.3 is 20.3 Å². The number of alkyl halides is 3. The van der Waals surface area contributed by atoms with Gasteiger partial charge in [0.25, 0.3) is 5.91 Å². The number of carbonyl (C=O) groups excluding carboxylic acids is 1. The highest BCUT2D eigenvalue weighted by molar-refractivity contribution is 14.2. The van der Waals surface area contributed by atoms with Crippen molar-refractivity contribution in [3.63, 3.8) is 0 Å². The minimum atomic E-state index is -4.90. The first kappa shape index (κ1) is 29.8. The SMILES string of the molecule is Cn1nc(N)c2c(Oc3cc(F)ccc3Cl)c(NC(=O)c3cc(F)cc(C(F)(F)F)c3)cc(C#CCOPI)c21. The van der Waals surface area contributed by atoms with E-state index in [1.54, 1.807) is 7.05 Å². The predicted octanol–water partition coefficient (Wildman–Crippen LogP) is 7.46. The van der Waals surface area contributed by atoms with Gasteiger partial charge in [-0.2, -0.15) is 18.3 Å². The molecule has 3 N–H and O–H groups in total. The molecule has 1 unspecified atom stereocenters. The van der Waals surface area contributed by atoms with E-state index in [0.29, 0.717) is 23.2 Å². The molecule has 7 nitrogen and oxygen atoms in total. The van der Waals surface area contributed by atoms with Gasteiger partial charge in [0, 0.05) is 18.7 Å². The second-order valence-corrected chi connectivity index (χ2v) is 10.2. The van der Waals surface area contributed by atoms with E-state index < -0.39 is 34.8 Å². The highest BCUT2D eigenvalue weighted by Gasteiger charge is 2.32. The molecule has 1 heterocycles. The van der Waals surface area contributed by atoms with Gasteiger partial charge in [-0.05, 0) is 58.4 Å². The summed E-state index contributed by atoms with van der Waals surface area (Å²) in [5, 5.41) is 6.78. The number of aromatic nitrogens is 2. The molecule has 40 heavy (non-hydrogen) atoms. The van der Waals surface area contributed by atoms with Gasteiger partial charge in [0.2, 0.25) is 0 Å². The predicted molar refractivity (Wildman–Crippen MR) is 151 cm³/mol. The molecule has 0 saturated heterocycles. The summed E-state index contributed by atoms with van der Waals surface area (Å²) in [6.45, 7) is 0.240. The van der Waals surface area contributed by atoms with E-state index in [1.165, 1.54) is 16.8 Å². The highest BCUT2D eigenvalue weighted by atomic mass is 127. The lowest BCUT2D eigenvalue weighted by Crippen LogP contribution is -2.15. The van der Waals surface area contributed by atoms with Gasteiger partial charge >= 0.3 is 6.18 Å². The van der Waals surface area contributed by atoms with Crippen LogP contribution in [0.25, 0.3) is 10.9 Å². The minimum Gasteiger partial charge on any atom is -0.453 e. The van der Waals surface area contributed by atoms with Crippen LogP contribution in [0.2, 0.25) is 5.02 Å². The lowest BCUT2D eigenvalue weighted by atomic mass is 10.1. The number of amides is 1. The Morgan fingerprint density at radius 3 is 2.65 bits per heavy atom.